The van der Waals surface area contributed by atoms with Gasteiger partial charge in [0, 0.05) is 6.07 Å². The molecule has 4 nitrogen and oxygen atoms in total. The lowest BCUT2D eigenvalue weighted by Crippen LogP contribution is -2.08. The topological polar surface area (TPSA) is 55.8 Å². The summed E-state index contributed by atoms with van der Waals surface area (Å²) in [6, 6.07) is 8.87. The van der Waals surface area contributed by atoms with Crippen molar-refractivity contribution in [3.05, 3.63) is 59.7 Å². The Morgan fingerprint density at radius 3 is 2.36 bits per heavy atom. The molecule has 0 heterocycles. The lowest BCUT2D eigenvalue weighted by molar-refractivity contribution is -0.0544. The van der Waals surface area contributed by atoms with Crippen LogP contribution < -0.4 is 9.47 Å². The maximum atomic E-state index is 12.5. The van der Waals surface area contributed by atoms with Gasteiger partial charge in [-0.25, -0.2) is 0 Å². The molecule has 2 aromatic rings. The van der Waals surface area contributed by atoms with Gasteiger partial charge < -0.3 is 14.6 Å². The van der Waals surface area contributed by atoms with Crippen molar-refractivity contribution in [1.29, 1.82) is 0 Å². The number of phenols is 1. The van der Waals surface area contributed by atoms with Crippen LogP contribution in [0.4, 0.5) is 17.6 Å². The number of rotatable bonds is 7. The van der Waals surface area contributed by atoms with E-state index < -0.39 is 30.5 Å². The highest BCUT2D eigenvalue weighted by atomic mass is 19.3. The zero-order valence-electron chi connectivity index (χ0n) is 12.5. The lowest BCUT2D eigenvalue weighted by Gasteiger charge is -2.11. The van der Waals surface area contributed by atoms with Crippen LogP contribution in [0, 0.1) is 0 Å². The number of phenolic OH excluding ortho intramolecular Hbond substituents is 1. The highest BCUT2D eigenvalue weighted by molar-refractivity contribution is 6.08. The molecule has 0 unspecified atom stereocenters. The van der Waals surface area contributed by atoms with E-state index in [1.54, 1.807) is 12.1 Å². The largest absolute Gasteiger partial charge is 0.508 e. The number of hydrogen-bond donors (Lipinski definition) is 1. The van der Waals surface area contributed by atoms with Gasteiger partial charge in [-0.3, -0.25) is 4.79 Å². The standard InChI is InChI=1S/C17H12F4O4/c18-16(19)24-12-5-6-13(15(9-12)25-17(20)21)14(23)7-4-10-2-1-3-11(22)8-10/h1-9,16-17,22H/b7-4+. The zero-order valence-corrected chi connectivity index (χ0v) is 12.5. The number of aromatic hydroxyl groups is 1. The van der Waals surface area contributed by atoms with E-state index in [-0.39, 0.29) is 11.3 Å². The summed E-state index contributed by atoms with van der Waals surface area (Å²) in [5.41, 5.74) is 0.251. The molecule has 0 saturated heterocycles. The van der Waals surface area contributed by atoms with Gasteiger partial charge in [0.1, 0.15) is 17.2 Å². The summed E-state index contributed by atoms with van der Waals surface area (Å²) in [4.78, 5) is 12.2. The van der Waals surface area contributed by atoms with Gasteiger partial charge in [-0.15, -0.1) is 0 Å². The first-order valence-electron chi connectivity index (χ1n) is 6.90. The monoisotopic (exact) mass is 356 g/mol. The highest BCUT2D eigenvalue weighted by Crippen LogP contribution is 2.28. The minimum absolute atomic E-state index is 0.00942. The molecule has 0 bridgehead atoms. The first kappa shape index (κ1) is 18.3. The summed E-state index contributed by atoms with van der Waals surface area (Å²) in [5.74, 6) is -1.70. The summed E-state index contributed by atoms with van der Waals surface area (Å²) in [7, 11) is 0. The van der Waals surface area contributed by atoms with Gasteiger partial charge in [0.25, 0.3) is 0 Å². The molecule has 0 spiro atoms. The Morgan fingerprint density at radius 2 is 1.72 bits per heavy atom. The summed E-state index contributed by atoms with van der Waals surface area (Å²) in [6.45, 7) is -6.39. The molecule has 0 atom stereocenters. The van der Waals surface area contributed by atoms with E-state index in [4.69, 9.17) is 0 Å². The predicted octanol–water partition coefficient (Wildman–Crippen LogP) is 4.49. The van der Waals surface area contributed by atoms with Crippen LogP contribution in [0.1, 0.15) is 15.9 Å². The molecule has 0 amide bonds. The lowest BCUT2D eigenvalue weighted by atomic mass is 10.1. The van der Waals surface area contributed by atoms with Gasteiger partial charge in [0.15, 0.2) is 5.78 Å². The molecule has 0 aliphatic rings. The van der Waals surface area contributed by atoms with Crippen molar-refractivity contribution in [3.8, 4) is 17.2 Å². The van der Waals surface area contributed by atoms with Crippen molar-refractivity contribution in [1.82, 2.24) is 0 Å². The average molecular weight is 356 g/mol. The molecule has 0 radical (unpaired) electrons. The van der Waals surface area contributed by atoms with Crippen molar-refractivity contribution < 1.29 is 36.9 Å². The van der Waals surface area contributed by atoms with Gasteiger partial charge in [-0.2, -0.15) is 17.6 Å². The molecule has 25 heavy (non-hydrogen) atoms. The quantitative estimate of drug-likeness (QED) is 0.451. The number of benzene rings is 2. The van der Waals surface area contributed by atoms with Gasteiger partial charge in [0.05, 0.1) is 5.56 Å². The van der Waals surface area contributed by atoms with Crippen LogP contribution in [0.3, 0.4) is 0 Å². The van der Waals surface area contributed by atoms with Crippen LogP contribution in [0.2, 0.25) is 0 Å². The van der Waals surface area contributed by atoms with Crippen LogP contribution in [-0.2, 0) is 0 Å². The first-order chi connectivity index (χ1) is 11.8. The number of halogens is 4. The van der Waals surface area contributed by atoms with Crippen molar-refractivity contribution in [2.45, 2.75) is 13.2 Å². The van der Waals surface area contributed by atoms with Crippen molar-refractivity contribution in [2.24, 2.45) is 0 Å². The fraction of sp³-hybridized carbons (Fsp3) is 0.118. The fourth-order valence-corrected chi connectivity index (χ4v) is 1.97. The van der Waals surface area contributed by atoms with E-state index in [9.17, 15) is 27.5 Å². The van der Waals surface area contributed by atoms with Crippen LogP contribution in [0.15, 0.2) is 48.5 Å². The number of carbonyl (C=O) groups excluding carboxylic acids is 1. The summed E-state index contributed by atoms with van der Waals surface area (Å²) in [6.07, 6.45) is 2.44. The van der Waals surface area contributed by atoms with E-state index in [1.807, 2.05) is 0 Å². The Labute approximate surface area is 139 Å². The number of hydrogen-bond acceptors (Lipinski definition) is 4. The third kappa shape index (κ3) is 5.52. The predicted molar refractivity (Wildman–Crippen MR) is 81.2 cm³/mol. The first-order valence-corrected chi connectivity index (χ1v) is 6.90. The van der Waals surface area contributed by atoms with E-state index in [2.05, 4.69) is 9.47 Å². The molecular formula is C17H12F4O4. The van der Waals surface area contributed by atoms with Gasteiger partial charge >= 0.3 is 13.2 Å². The number of ketones is 1. The Balaban J connectivity index is 2.27. The molecular weight excluding hydrogens is 344 g/mol. The molecule has 2 aromatic carbocycles. The highest BCUT2D eigenvalue weighted by Gasteiger charge is 2.16. The fourth-order valence-electron chi connectivity index (χ4n) is 1.97. The molecule has 2 rings (SSSR count). The Morgan fingerprint density at radius 1 is 1.00 bits per heavy atom. The number of ether oxygens (including phenoxy) is 2. The summed E-state index contributed by atoms with van der Waals surface area (Å²) < 4.78 is 57.7. The second kappa shape index (κ2) is 8.18. The molecule has 0 aromatic heterocycles. The van der Waals surface area contributed by atoms with Crippen LogP contribution in [0.5, 0.6) is 17.2 Å². The van der Waals surface area contributed by atoms with E-state index in [1.165, 1.54) is 18.2 Å². The van der Waals surface area contributed by atoms with E-state index in [0.717, 1.165) is 24.3 Å². The van der Waals surface area contributed by atoms with Gasteiger partial charge in [-0.05, 0) is 35.9 Å². The van der Waals surface area contributed by atoms with Crippen molar-refractivity contribution in [2.75, 3.05) is 0 Å². The van der Waals surface area contributed by atoms with Gasteiger partial charge in [-0.1, -0.05) is 18.2 Å². The van der Waals surface area contributed by atoms with Crippen molar-refractivity contribution >= 4 is 11.9 Å². The maximum absolute atomic E-state index is 12.5. The van der Waals surface area contributed by atoms with Crippen LogP contribution in [-0.4, -0.2) is 24.1 Å². The second-order valence-corrected chi connectivity index (χ2v) is 4.71. The Hall–Kier alpha value is -3.03. The number of allylic oxidation sites excluding steroid dienone is 1. The molecule has 8 heteroatoms. The average Bonchev–Trinajstić information content (AvgIpc) is 2.52. The number of carbonyl (C=O) groups is 1. The van der Waals surface area contributed by atoms with Gasteiger partial charge in [0.2, 0.25) is 0 Å². The van der Waals surface area contributed by atoms with E-state index in [0.29, 0.717) is 5.56 Å². The molecule has 1 N–H and O–H groups in total. The smallest absolute Gasteiger partial charge is 0.387 e. The van der Waals surface area contributed by atoms with Crippen LogP contribution >= 0.6 is 0 Å². The Kier molecular flexibility index (Phi) is 5.99. The summed E-state index contributed by atoms with van der Waals surface area (Å²) >= 11 is 0. The minimum atomic E-state index is -3.25. The Bertz CT molecular complexity index is 775. The summed E-state index contributed by atoms with van der Waals surface area (Å²) in [5, 5.41) is 9.34. The third-order valence-electron chi connectivity index (χ3n) is 2.96. The van der Waals surface area contributed by atoms with Crippen LogP contribution in [0.25, 0.3) is 6.08 Å². The molecule has 0 fully saturated rings. The maximum Gasteiger partial charge on any atom is 0.387 e. The molecule has 0 aliphatic carbocycles. The second-order valence-electron chi connectivity index (χ2n) is 4.71. The third-order valence-corrected chi connectivity index (χ3v) is 2.96. The number of alkyl halides is 4. The minimum Gasteiger partial charge on any atom is -0.508 e. The SMILES string of the molecule is O=C(/C=C/c1cccc(O)c1)c1ccc(OC(F)F)cc1OC(F)F. The molecule has 132 valence electrons. The van der Waals surface area contributed by atoms with E-state index >= 15 is 0 Å². The normalized spacial score (nSPS) is 11.3. The molecule has 0 saturated carbocycles. The van der Waals surface area contributed by atoms with Crippen molar-refractivity contribution in [3.63, 3.8) is 0 Å². The zero-order chi connectivity index (χ0) is 18.4. The molecule has 0 aliphatic heterocycles.